The number of esters is 2. The first-order chi connectivity index (χ1) is 14.0. The van der Waals surface area contributed by atoms with Crippen LogP contribution in [0.15, 0.2) is 30.3 Å². The van der Waals surface area contributed by atoms with Crippen LogP contribution >= 0.6 is 0 Å². The quantitative estimate of drug-likeness (QED) is 0.429. The highest BCUT2D eigenvalue weighted by Crippen LogP contribution is 2.23. The Labute approximate surface area is 171 Å². The van der Waals surface area contributed by atoms with Crippen molar-refractivity contribution in [1.29, 1.82) is 0 Å². The van der Waals surface area contributed by atoms with E-state index in [2.05, 4.69) is 0 Å². The molecule has 1 heterocycles. The molecule has 0 unspecified atom stereocenters. The number of amides is 1. The van der Waals surface area contributed by atoms with Crippen molar-refractivity contribution in [3.63, 3.8) is 0 Å². The molecule has 29 heavy (non-hydrogen) atoms. The molecule has 0 aromatic heterocycles. The lowest BCUT2D eigenvalue weighted by molar-refractivity contribution is -0.152. The van der Waals surface area contributed by atoms with Gasteiger partial charge in [0.05, 0.1) is 26.2 Å². The van der Waals surface area contributed by atoms with E-state index in [1.807, 2.05) is 37.3 Å². The van der Waals surface area contributed by atoms with E-state index in [1.54, 1.807) is 4.90 Å². The third-order valence-corrected chi connectivity index (χ3v) is 4.79. The highest BCUT2D eigenvalue weighted by Gasteiger charge is 2.32. The molecule has 0 radical (unpaired) electrons. The minimum Gasteiger partial charge on any atom is -0.469 e. The Hall–Kier alpha value is -2.45. The number of benzene rings is 1. The van der Waals surface area contributed by atoms with Gasteiger partial charge in [0.25, 0.3) is 0 Å². The van der Waals surface area contributed by atoms with Gasteiger partial charge in [-0.15, -0.1) is 0 Å². The van der Waals surface area contributed by atoms with Gasteiger partial charge in [-0.05, 0) is 25.3 Å². The third-order valence-electron chi connectivity index (χ3n) is 4.79. The number of hydrogen-bond donors (Lipinski definition) is 0. The molecule has 1 aromatic rings. The normalized spacial score (nSPS) is 18.9. The maximum absolute atomic E-state index is 12.3. The number of carbonyl (C=O) groups excluding carboxylic acids is 3. The number of carbonyl (C=O) groups is 3. The third kappa shape index (κ3) is 7.83. The van der Waals surface area contributed by atoms with Crippen LogP contribution in [0.2, 0.25) is 0 Å². The van der Waals surface area contributed by atoms with Gasteiger partial charge in [0.15, 0.2) is 0 Å². The van der Waals surface area contributed by atoms with Crippen molar-refractivity contribution in [2.75, 3.05) is 40.1 Å². The molecule has 0 N–H and O–H groups in total. The SMILES string of the molecule is COC(=O)[C@H]1CCN(C(=O)COCCOCC(=O)OCc2ccccc2)[C@@H](C)C1. The van der Waals surface area contributed by atoms with E-state index in [0.29, 0.717) is 19.4 Å². The predicted octanol–water partition coefficient (Wildman–Crippen LogP) is 1.56. The Morgan fingerprint density at radius 3 is 2.41 bits per heavy atom. The van der Waals surface area contributed by atoms with Crippen molar-refractivity contribution < 1.29 is 33.3 Å². The summed E-state index contributed by atoms with van der Waals surface area (Å²) in [6.07, 6.45) is 1.18. The minimum atomic E-state index is -0.452. The molecule has 0 aliphatic carbocycles. The zero-order valence-corrected chi connectivity index (χ0v) is 17.0. The van der Waals surface area contributed by atoms with Gasteiger partial charge in [-0.2, -0.15) is 0 Å². The van der Waals surface area contributed by atoms with Gasteiger partial charge < -0.3 is 23.8 Å². The minimum absolute atomic E-state index is 0.0421. The molecule has 1 aliphatic heterocycles. The van der Waals surface area contributed by atoms with Crippen LogP contribution < -0.4 is 0 Å². The second-order valence-electron chi connectivity index (χ2n) is 6.93. The van der Waals surface area contributed by atoms with Gasteiger partial charge in [-0.3, -0.25) is 9.59 Å². The summed E-state index contributed by atoms with van der Waals surface area (Å²) in [4.78, 5) is 37.2. The number of nitrogens with zero attached hydrogens (tertiary/aromatic N) is 1. The van der Waals surface area contributed by atoms with Gasteiger partial charge >= 0.3 is 11.9 Å². The lowest BCUT2D eigenvalue weighted by atomic mass is 9.91. The van der Waals surface area contributed by atoms with E-state index in [-0.39, 0.29) is 56.9 Å². The molecule has 1 saturated heterocycles. The van der Waals surface area contributed by atoms with Crippen LogP contribution in [-0.2, 0) is 39.9 Å². The summed E-state index contributed by atoms with van der Waals surface area (Å²) >= 11 is 0. The monoisotopic (exact) mass is 407 g/mol. The fourth-order valence-corrected chi connectivity index (χ4v) is 3.22. The van der Waals surface area contributed by atoms with Gasteiger partial charge in [-0.1, -0.05) is 30.3 Å². The fourth-order valence-electron chi connectivity index (χ4n) is 3.22. The number of piperidine rings is 1. The first kappa shape index (κ1) is 22.8. The van der Waals surface area contributed by atoms with Crippen LogP contribution in [0.1, 0.15) is 25.3 Å². The van der Waals surface area contributed by atoms with Crippen molar-refractivity contribution in [2.45, 2.75) is 32.4 Å². The summed E-state index contributed by atoms with van der Waals surface area (Å²) in [5, 5.41) is 0. The molecular weight excluding hydrogens is 378 g/mol. The van der Waals surface area contributed by atoms with Crippen molar-refractivity contribution in [3.05, 3.63) is 35.9 Å². The zero-order valence-electron chi connectivity index (χ0n) is 17.0. The standard InChI is InChI=1S/C21H29NO7/c1-16-12-18(21(25)26-2)8-9-22(16)19(23)14-27-10-11-28-15-20(24)29-13-17-6-4-3-5-7-17/h3-7,16,18H,8-15H2,1-2H3/t16-,18-/m0/s1. The molecule has 2 atom stereocenters. The van der Waals surface area contributed by atoms with Crippen LogP contribution in [0.4, 0.5) is 0 Å². The molecule has 8 heteroatoms. The Morgan fingerprint density at radius 1 is 1.07 bits per heavy atom. The van der Waals surface area contributed by atoms with Gasteiger partial charge in [0.2, 0.25) is 5.91 Å². The van der Waals surface area contributed by atoms with Gasteiger partial charge in [0.1, 0.15) is 19.8 Å². The average molecular weight is 407 g/mol. The average Bonchev–Trinajstić information content (AvgIpc) is 2.74. The number of ether oxygens (including phenoxy) is 4. The molecule has 0 spiro atoms. The molecular formula is C21H29NO7. The fraction of sp³-hybridized carbons (Fsp3) is 0.571. The lowest BCUT2D eigenvalue weighted by Gasteiger charge is -2.36. The van der Waals surface area contributed by atoms with Crippen molar-refractivity contribution in [3.8, 4) is 0 Å². The van der Waals surface area contributed by atoms with Gasteiger partial charge in [0, 0.05) is 12.6 Å². The van der Waals surface area contributed by atoms with Crippen molar-refractivity contribution >= 4 is 17.8 Å². The molecule has 1 aromatic carbocycles. The molecule has 2 rings (SSSR count). The van der Waals surface area contributed by atoms with E-state index in [0.717, 1.165) is 5.56 Å². The second kappa shape index (κ2) is 12.2. The number of hydrogen-bond acceptors (Lipinski definition) is 7. The maximum atomic E-state index is 12.3. The molecule has 0 bridgehead atoms. The largest absolute Gasteiger partial charge is 0.469 e. The van der Waals surface area contributed by atoms with Crippen LogP contribution in [-0.4, -0.2) is 68.9 Å². The summed E-state index contributed by atoms with van der Waals surface area (Å²) in [6, 6.07) is 9.35. The van der Waals surface area contributed by atoms with E-state index >= 15 is 0 Å². The Kier molecular flexibility index (Phi) is 9.59. The molecule has 1 aliphatic rings. The zero-order chi connectivity index (χ0) is 21.1. The smallest absolute Gasteiger partial charge is 0.332 e. The highest BCUT2D eigenvalue weighted by molar-refractivity contribution is 5.78. The number of rotatable bonds is 10. The van der Waals surface area contributed by atoms with Crippen LogP contribution in [0, 0.1) is 5.92 Å². The van der Waals surface area contributed by atoms with Crippen LogP contribution in [0.3, 0.4) is 0 Å². The number of likely N-dealkylation sites (tertiary alicyclic amines) is 1. The lowest BCUT2D eigenvalue weighted by Crippen LogP contribution is -2.47. The first-order valence-electron chi connectivity index (χ1n) is 9.73. The predicted molar refractivity (Wildman–Crippen MR) is 104 cm³/mol. The van der Waals surface area contributed by atoms with E-state index in [1.165, 1.54) is 7.11 Å². The first-order valence-corrected chi connectivity index (χ1v) is 9.73. The van der Waals surface area contributed by atoms with Crippen molar-refractivity contribution in [2.24, 2.45) is 5.92 Å². The summed E-state index contributed by atoms with van der Waals surface area (Å²) < 4.78 is 20.4. The Morgan fingerprint density at radius 2 is 1.76 bits per heavy atom. The topological polar surface area (TPSA) is 91.4 Å². The summed E-state index contributed by atoms with van der Waals surface area (Å²) in [6.45, 7) is 2.79. The van der Waals surface area contributed by atoms with E-state index in [4.69, 9.17) is 18.9 Å². The van der Waals surface area contributed by atoms with Crippen molar-refractivity contribution in [1.82, 2.24) is 4.90 Å². The molecule has 1 amide bonds. The summed E-state index contributed by atoms with van der Waals surface area (Å²) in [5.41, 5.74) is 0.910. The Balaban J connectivity index is 1.53. The highest BCUT2D eigenvalue weighted by atomic mass is 16.6. The summed E-state index contributed by atoms with van der Waals surface area (Å²) in [5.74, 6) is -0.954. The molecule has 160 valence electrons. The van der Waals surface area contributed by atoms with Crippen LogP contribution in [0.25, 0.3) is 0 Å². The number of methoxy groups -OCH3 is 1. The van der Waals surface area contributed by atoms with E-state index < -0.39 is 5.97 Å². The molecule has 1 fully saturated rings. The van der Waals surface area contributed by atoms with Crippen LogP contribution in [0.5, 0.6) is 0 Å². The molecule has 0 saturated carbocycles. The second-order valence-corrected chi connectivity index (χ2v) is 6.93. The summed E-state index contributed by atoms with van der Waals surface area (Å²) in [7, 11) is 1.38. The van der Waals surface area contributed by atoms with Gasteiger partial charge in [-0.25, -0.2) is 4.79 Å². The maximum Gasteiger partial charge on any atom is 0.332 e. The van der Waals surface area contributed by atoms with E-state index in [9.17, 15) is 14.4 Å². The Bertz CT molecular complexity index is 664. The molecule has 8 nitrogen and oxygen atoms in total.